The first-order valence-corrected chi connectivity index (χ1v) is 13.6. The van der Waals surface area contributed by atoms with Crippen molar-refractivity contribution in [2.24, 2.45) is 17.8 Å². The third-order valence-electron chi connectivity index (χ3n) is 7.82. The number of carbonyl (C=O) groups is 3. The minimum Gasteiger partial charge on any atom is -0.396 e. The summed E-state index contributed by atoms with van der Waals surface area (Å²) in [5.41, 5.74) is 0.557. The summed E-state index contributed by atoms with van der Waals surface area (Å²) in [6.07, 6.45) is 4.43. The van der Waals surface area contributed by atoms with Gasteiger partial charge in [-0.3, -0.25) is 14.4 Å². The third-order valence-corrected chi connectivity index (χ3v) is 10.2. The molecule has 3 amide bonds. The van der Waals surface area contributed by atoms with Crippen LogP contribution in [0.2, 0.25) is 5.02 Å². The summed E-state index contributed by atoms with van der Waals surface area (Å²) in [5, 5.41) is 9.97. The summed E-state index contributed by atoms with van der Waals surface area (Å²) in [6.45, 7) is 10.4. The summed E-state index contributed by atoms with van der Waals surface area (Å²) < 4.78 is -0.732. The Kier molecular flexibility index (Phi) is 7.88. The van der Waals surface area contributed by atoms with Crippen LogP contribution in [-0.2, 0) is 14.4 Å². The zero-order valence-corrected chi connectivity index (χ0v) is 22.4. The van der Waals surface area contributed by atoms with Crippen molar-refractivity contribution in [1.82, 2.24) is 9.80 Å². The highest BCUT2D eigenvalue weighted by Crippen LogP contribution is 2.69. The molecule has 7 nitrogen and oxygen atoms in total. The molecule has 0 aliphatic carbocycles. The zero-order valence-electron chi connectivity index (χ0n) is 20.8. The molecule has 1 aromatic rings. The van der Waals surface area contributed by atoms with Crippen LogP contribution in [-0.4, -0.2) is 82.0 Å². The van der Waals surface area contributed by atoms with Crippen LogP contribution in [0.5, 0.6) is 0 Å². The molecule has 1 N–H and O–H groups in total. The molecule has 0 radical (unpaired) electrons. The van der Waals surface area contributed by atoms with E-state index in [1.54, 1.807) is 63.9 Å². The molecular weight excluding hydrogens is 498 g/mol. The number of likely N-dealkylation sites (tertiary alicyclic amines) is 1. The van der Waals surface area contributed by atoms with Gasteiger partial charge in [0.1, 0.15) is 6.04 Å². The normalized spacial score (nSPS) is 30.3. The molecule has 3 aliphatic heterocycles. The standard InChI is InChI=1S/C27H34ClN3O4S/c1-5-12-29(4)24(33)21-20-16-17(3)27(36-20)22(21)25(34)31(14-9-15-32)23(27)26(35)30(13-6-2)19-11-8-7-10-18(19)28/h5-8,10-11,17,20-23,32H,1-2,9,12-16H2,3-4H3/t17?,20-,21+,22+,23?,27?/m1/s1. The maximum Gasteiger partial charge on any atom is 0.251 e. The molecule has 3 heterocycles. The minimum atomic E-state index is -0.773. The number of aliphatic hydroxyl groups is 1. The van der Waals surface area contributed by atoms with E-state index in [0.29, 0.717) is 23.7 Å². The molecule has 1 aromatic carbocycles. The Balaban J connectivity index is 1.81. The van der Waals surface area contributed by atoms with Gasteiger partial charge in [0.2, 0.25) is 11.8 Å². The first kappa shape index (κ1) is 26.8. The van der Waals surface area contributed by atoms with Gasteiger partial charge in [0.25, 0.3) is 5.91 Å². The van der Waals surface area contributed by atoms with Gasteiger partial charge in [0.05, 0.1) is 27.3 Å². The molecule has 36 heavy (non-hydrogen) atoms. The Morgan fingerprint density at radius 2 is 1.94 bits per heavy atom. The predicted molar refractivity (Wildman–Crippen MR) is 144 cm³/mol. The highest BCUT2D eigenvalue weighted by atomic mass is 35.5. The van der Waals surface area contributed by atoms with Gasteiger partial charge < -0.3 is 19.8 Å². The fourth-order valence-corrected chi connectivity index (χ4v) is 9.00. The van der Waals surface area contributed by atoms with Crippen molar-refractivity contribution in [3.63, 3.8) is 0 Å². The lowest BCUT2D eigenvalue weighted by atomic mass is 9.65. The first-order chi connectivity index (χ1) is 17.2. The van der Waals surface area contributed by atoms with Gasteiger partial charge in [-0.15, -0.1) is 24.9 Å². The lowest BCUT2D eigenvalue weighted by Crippen LogP contribution is -2.57. The number of aliphatic hydroxyl groups excluding tert-OH is 1. The maximum atomic E-state index is 14.4. The highest BCUT2D eigenvalue weighted by molar-refractivity contribution is 8.02. The quantitative estimate of drug-likeness (QED) is 0.469. The van der Waals surface area contributed by atoms with E-state index in [9.17, 15) is 19.5 Å². The molecule has 2 bridgehead atoms. The molecule has 0 saturated carbocycles. The van der Waals surface area contributed by atoms with E-state index >= 15 is 0 Å². The number of carbonyl (C=O) groups excluding carboxylic acids is 3. The van der Waals surface area contributed by atoms with Gasteiger partial charge in [-0.25, -0.2) is 0 Å². The van der Waals surface area contributed by atoms with Crippen molar-refractivity contribution in [2.75, 3.05) is 38.2 Å². The predicted octanol–water partition coefficient (Wildman–Crippen LogP) is 3.22. The Bertz CT molecular complexity index is 1070. The van der Waals surface area contributed by atoms with Gasteiger partial charge in [-0.05, 0) is 30.9 Å². The monoisotopic (exact) mass is 531 g/mol. The maximum absolute atomic E-state index is 14.4. The molecule has 6 atom stereocenters. The number of nitrogens with zero attached hydrogens (tertiary/aromatic N) is 3. The fourth-order valence-electron chi connectivity index (χ4n) is 6.35. The number of anilines is 1. The van der Waals surface area contributed by atoms with E-state index in [4.69, 9.17) is 11.6 Å². The van der Waals surface area contributed by atoms with E-state index in [0.717, 1.165) is 6.42 Å². The smallest absolute Gasteiger partial charge is 0.251 e. The zero-order chi connectivity index (χ0) is 26.2. The lowest BCUT2D eigenvalue weighted by molar-refractivity contribution is -0.143. The lowest BCUT2D eigenvalue weighted by Gasteiger charge is -2.41. The number of hydrogen-bond donors (Lipinski definition) is 1. The number of para-hydroxylation sites is 1. The highest BCUT2D eigenvalue weighted by Gasteiger charge is 2.76. The summed E-state index contributed by atoms with van der Waals surface area (Å²) in [6, 6.07) is 6.36. The first-order valence-electron chi connectivity index (χ1n) is 12.4. The van der Waals surface area contributed by atoms with Gasteiger partial charge >= 0.3 is 0 Å². The van der Waals surface area contributed by atoms with E-state index in [-0.39, 0.29) is 48.6 Å². The van der Waals surface area contributed by atoms with Crippen molar-refractivity contribution in [1.29, 1.82) is 0 Å². The average molecular weight is 532 g/mol. The largest absolute Gasteiger partial charge is 0.396 e. The van der Waals surface area contributed by atoms with Gasteiger partial charge in [0, 0.05) is 38.5 Å². The molecular formula is C27H34ClN3O4S. The molecule has 1 spiro atoms. The van der Waals surface area contributed by atoms with E-state index < -0.39 is 22.6 Å². The van der Waals surface area contributed by atoms with Crippen LogP contribution in [0.4, 0.5) is 5.69 Å². The summed E-state index contributed by atoms with van der Waals surface area (Å²) in [7, 11) is 1.73. The number of fused-ring (bicyclic) bond motifs is 1. The Morgan fingerprint density at radius 1 is 1.25 bits per heavy atom. The number of likely N-dealkylation sites (N-methyl/N-ethyl adjacent to an activating group) is 1. The second kappa shape index (κ2) is 10.6. The van der Waals surface area contributed by atoms with Crippen molar-refractivity contribution in [3.8, 4) is 0 Å². The average Bonchev–Trinajstić information content (AvgIpc) is 3.44. The number of amides is 3. The number of rotatable bonds is 10. The van der Waals surface area contributed by atoms with Gasteiger partial charge in [0.15, 0.2) is 0 Å². The van der Waals surface area contributed by atoms with E-state index in [1.807, 2.05) is 6.07 Å². The fraction of sp³-hybridized carbons (Fsp3) is 0.519. The van der Waals surface area contributed by atoms with E-state index in [2.05, 4.69) is 20.1 Å². The second-order valence-electron chi connectivity index (χ2n) is 9.86. The Morgan fingerprint density at radius 3 is 2.58 bits per heavy atom. The molecule has 0 aromatic heterocycles. The number of benzene rings is 1. The number of hydrogen-bond acceptors (Lipinski definition) is 5. The van der Waals surface area contributed by atoms with Crippen molar-refractivity contribution >= 4 is 46.8 Å². The SMILES string of the molecule is C=CCN(C)C(=O)[C@@H]1[C@H]2C(=O)N(CCCO)C(C(=O)N(CC=C)c3ccccc3Cl)C23S[C@@H]1CC3C. The molecule has 3 unspecified atom stereocenters. The van der Waals surface area contributed by atoms with Crippen molar-refractivity contribution in [2.45, 2.75) is 35.8 Å². The molecule has 3 aliphatic rings. The van der Waals surface area contributed by atoms with Crippen LogP contribution in [0.15, 0.2) is 49.6 Å². The van der Waals surface area contributed by atoms with Crippen LogP contribution in [0.25, 0.3) is 0 Å². The minimum absolute atomic E-state index is 0.0304. The van der Waals surface area contributed by atoms with E-state index in [1.165, 1.54) is 0 Å². The molecule has 3 saturated heterocycles. The Labute approximate surface area is 222 Å². The number of thioether (sulfide) groups is 1. The van der Waals surface area contributed by atoms with Crippen LogP contribution >= 0.6 is 23.4 Å². The van der Waals surface area contributed by atoms with Crippen molar-refractivity contribution in [3.05, 3.63) is 54.6 Å². The second-order valence-corrected chi connectivity index (χ2v) is 11.8. The third kappa shape index (κ3) is 4.07. The van der Waals surface area contributed by atoms with Crippen LogP contribution < -0.4 is 4.90 Å². The topological polar surface area (TPSA) is 81.2 Å². The van der Waals surface area contributed by atoms with Crippen molar-refractivity contribution < 1.29 is 19.5 Å². The summed E-state index contributed by atoms with van der Waals surface area (Å²) >= 11 is 8.13. The van der Waals surface area contributed by atoms with Gasteiger partial charge in [-0.2, -0.15) is 0 Å². The molecule has 3 fully saturated rings. The molecule has 4 rings (SSSR count). The summed E-state index contributed by atoms with van der Waals surface area (Å²) in [4.78, 5) is 46.8. The molecule has 9 heteroatoms. The Hall–Kier alpha value is -2.29. The van der Waals surface area contributed by atoms with Crippen LogP contribution in [0, 0.1) is 17.8 Å². The number of halogens is 1. The van der Waals surface area contributed by atoms with Gasteiger partial charge in [-0.1, -0.05) is 42.8 Å². The van der Waals surface area contributed by atoms with Crippen LogP contribution in [0.1, 0.15) is 19.8 Å². The summed E-state index contributed by atoms with van der Waals surface area (Å²) in [5.74, 6) is -1.52. The van der Waals surface area contributed by atoms with Crippen LogP contribution in [0.3, 0.4) is 0 Å². The molecule has 194 valence electrons.